The Labute approximate surface area is 153 Å². The average molecular weight is 346 g/mol. The zero-order chi connectivity index (χ0) is 18.4. The van der Waals surface area contributed by atoms with Crippen molar-refractivity contribution in [2.45, 2.75) is 20.3 Å². The molecule has 1 heterocycles. The minimum atomic E-state index is 0.0519. The first-order chi connectivity index (χ1) is 12.7. The molecule has 3 aromatic rings. The first kappa shape index (κ1) is 17.6. The fraction of sp³-hybridized carbons (Fsp3) is 0.190. The van der Waals surface area contributed by atoms with Gasteiger partial charge in [-0.25, -0.2) is 9.97 Å². The Morgan fingerprint density at radius 2 is 1.65 bits per heavy atom. The van der Waals surface area contributed by atoms with Crippen molar-refractivity contribution in [3.8, 4) is 11.4 Å². The molecule has 0 saturated heterocycles. The number of hydrogen-bond acceptors (Lipinski definition) is 5. The Morgan fingerprint density at radius 1 is 0.962 bits per heavy atom. The molecule has 0 aliphatic carbocycles. The molecule has 0 radical (unpaired) electrons. The summed E-state index contributed by atoms with van der Waals surface area (Å²) in [4.78, 5) is 20.7. The molecule has 0 aliphatic rings. The van der Waals surface area contributed by atoms with Gasteiger partial charge in [0.2, 0.25) is 0 Å². The molecule has 0 spiro atoms. The molecule has 2 N–H and O–H groups in total. The van der Waals surface area contributed by atoms with Crippen LogP contribution in [0, 0.1) is 0 Å². The summed E-state index contributed by atoms with van der Waals surface area (Å²) in [6.45, 7) is 4.52. The lowest BCUT2D eigenvalue weighted by Crippen LogP contribution is -2.05. The van der Waals surface area contributed by atoms with Crippen LogP contribution in [0.15, 0.2) is 60.7 Å². The number of rotatable bonds is 7. The summed E-state index contributed by atoms with van der Waals surface area (Å²) >= 11 is 0. The number of benzene rings is 2. The van der Waals surface area contributed by atoms with Crippen molar-refractivity contribution in [2.75, 3.05) is 17.2 Å². The van der Waals surface area contributed by atoms with Gasteiger partial charge in [-0.15, -0.1) is 0 Å². The summed E-state index contributed by atoms with van der Waals surface area (Å²) < 4.78 is 0. The van der Waals surface area contributed by atoms with E-state index in [2.05, 4.69) is 27.5 Å². The number of carbonyl (C=O) groups excluding carboxylic acids is 1. The van der Waals surface area contributed by atoms with E-state index >= 15 is 0 Å². The molecule has 0 amide bonds. The maximum atomic E-state index is 11.4. The van der Waals surface area contributed by atoms with Gasteiger partial charge in [0, 0.05) is 29.4 Å². The van der Waals surface area contributed by atoms with E-state index < -0.39 is 0 Å². The molecular weight excluding hydrogens is 324 g/mol. The molecule has 5 heteroatoms. The van der Waals surface area contributed by atoms with E-state index in [1.807, 2.05) is 48.5 Å². The molecule has 0 fully saturated rings. The zero-order valence-electron chi connectivity index (χ0n) is 15.0. The van der Waals surface area contributed by atoms with Crippen LogP contribution in [0.1, 0.15) is 30.6 Å². The Morgan fingerprint density at radius 3 is 2.31 bits per heavy atom. The SMILES string of the molecule is CCCNc1cc(Nc2ccc(C(C)=O)cc2)nc(-c2ccccc2)n1. The van der Waals surface area contributed by atoms with Gasteiger partial charge < -0.3 is 10.6 Å². The van der Waals surface area contributed by atoms with Gasteiger partial charge in [0.05, 0.1) is 0 Å². The van der Waals surface area contributed by atoms with Gasteiger partial charge in [-0.3, -0.25) is 4.79 Å². The van der Waals surface area contributed by atoms with Crippen LogP contribution >= 0.6 is 0 Å². The van der Waals surface area contributed by atoms with Crippen molar-refractivity contribution >= 4 is 23.1 Å². The highest BCUT2D eigenvalue weighted by atomic mass is 16.1. The monoisotopic (exact) mass is 346 g/mol. The molecule has 0 saturated carbocycles. The van der Waals surface area contributed by atoms with E-state index in [0.29, 0.717) is 17.2 Å². The third-order valence-electron chi connectivity index (χ3n) is 3.88. The first-order valence-corrected chi connectivity index (χ1v) is 8.72. The van der Waals surface area contributed by atoms with Crippen LogP contribution in [0.3, 0.4) is 0 Å². The molecule has 3 rings (SSSR count). The van der Waals surface area contributed by atoms with E-state index in [1.54, 1.807) is 19.1 Å². The van der Waals surface area contributed by atoms with Crippen LogP contribution in [0.4, 0.5) is 17.3 Å². The number of nitrogens with one attached hydrogen (secondary N) is 2. The Balaban J connectivity index is 1.90. The lowest BCUT2D eigenvalue weighted by Gasteiger charge is -2.11. The molecule has 0 aliphatic heterocycles. The summed E-state index contributed by atoms with van der Waals surface area (Å²) in [5.74, 6) is 2.20. The number of Topliss-reactive ketones (excluding diaryl/α,β-unsaturated/α-hetero) is 1. The number of carbonyl (C=O) groups is 1. The fourth-order valence-electron chi connectivity index (χ4n) is 2.51. The van der Waals surface area contributed by atoms with E-state index in [1.165, 1.54) is 0 Å². The predicted octanol–water partition coefficient (Wildman–Crippen LogP) is 4.91. The van der Waals surface area contributed by atoms with Gasteiger partial charge in [0.25, 0.3) is 0 Å². The minimum absolute atomic E-state index is 0.0519. The van der Waals surface area contributed by atoms with Crippen molar-refractivity contribution in [1.29, 1.82) is 0 Å². The van der Waals surface area contributed by atoms with Gasteiger partial charge in [-0.05, 0) is 37.6 Å². The van der Waals surface area contributed by atoms with Gasteiger partial charge >= 0.3 is 0 Å². The molecule has 0 bridgehead atoms. The van der Waals surface area contributed by atoms with Crippen LogP contribution in [-0.4, -0.2) is 22.3 Å². The summed E-state index contributed by atoms with van der Waals surface area (Å²) in [5, 5.41) is 6.61. The van der Waals surface area contributed by atoms with Crippen molar-refractivity contribution in [3.05, 3.63) is 66.2 Å². The number of anilines is 3. The van der Waals surface area contributed by atoms with Crippen LogP contribution in [0.5, 0.6) is 0 Å². The molecule has 0 atom stereocenters. The molecule has 1 aromatic heterocycles. The molecule has 26 heavy (non-hydrogen) atoms. The molecule has 0 unspecified atom stereocenters. The van der Waals surface area contributed by atoms with Gasteiger partial charge in [0.1, 0.15) is 11.6 Å². The van der Waals surface area contributed by atoms with Crippen molar-refractivity contribution in [2.24, 2.45) is 0 Å². The lowest BCUT2D eigenvalue weighted by atomic mass is 10.1. The second-order valence-corrected chi connectivity index (χ2v) is 6.01. The highest BCUT2D eigenvalue weighted by Gasteiger charge is 2.07. The molecule has 2 aromatic carbocycles. The average Bonchev–Trinajstić information content (AvgIpc) is 2.67. The highest BCUT2D eigenvalue weighted by Crippen LogP contribution is 2.23. The maximum Gasteiger partial charge on any atom is 0.163 e. The Bertz CT molecular complexity index is 876. The van der Waals surface area contributed by atoms with Gasteiger partial charge in [-0.2, -0.15) is 0 Å². The van der Waals surface area contributed by atoms with Crippen LogP contribution < -0.4 is 10.6 Å². The second kappa shape index (κ2) is 8.25. The molecular formula is C21H22N4O. The van der Waals surface area contributed by atoms with Crippen molar-refractivity contribution in [1.82, 2.24) is 9.97 Å². The standard InChI is InChI=1S/C21H22N4O/c1-3-13-22-19-14-20(23-18-11-9-16(10-12-18)15(2)26)25-21(24-19)17-7-5-4-6-8-17/h4-12,14H,3,13H2,1-2H3,(H2,22,23,24,25). The van der Waals surface area contributed by atoms with Gasteiger partial charge in [-0.1, -0.05) is 37.3 Å². The van der Waals surface area contributed by atoms with E-state index in [4.69, 9.17) is 0 Å². The third-order valence-corrected chi connectivity index (χ3v) is 3.88. The third kappa shape index (κ3) is 4.45. The van der Waals surface area contributed by atoms with Crippen LogP contribution in [0.25, 0.3) is 11.4 Å². The summed E-state index contributed by atoms with van der Waals surface area (Å²) in [6.07, 6.45) is 1.01. The van der Waals surface area contributed by atoms with E-state index in [0.717, 1.165) is 30.0 Å². The number of hydrogen-bond donors (Lipinski definition) is 2. The molecule has 132 valence electrons. The van der Waals surface area contributed by atoms with Crippen molar-refractivity contribution < 1.29 is 4.79 Å². The largest absolute Gasteiger partial charge is 0.370 e. The Kier molecular flexibility index (Phi) is 5.59. The topological polar surface area (TPSA) is 66.9 Å². The number of aromatic nitrogens is 2. The van der Waals surface area contributed by atoms with Crippen LogP contribution in [-0.2, 0) is 0 Å². The number of nitrogens with zero attached hydrogens (tertiary/aromatic N) is 2. The predicted molar refractivity (Wildman–Crippen MR) is 106 cm³/mol. The van der Waals surface area contributed by atoms with E-state index in [9.17, 15) is 4.79 Å². The first-order valence-electron chi connectivity index (χ1n) is 8.72. The zero-order valence-corrected chi connectivity index (χ0v) is 15.0. The summed E-state index contributed by atoms with van der Waals surface area (Å²) in [5.41, 5.74) is 2.52. The Hall–Kier alpha value is -3.21. The van der Waals surface area contributed by atoms with E-state index in [-0.39, 0.29) is 5.78 Å². The summed E-state index contributed by atoms with van der Waals surface area (Å²) in [6, 6.07) is 19.1. The van der Waals surface area contributed by atoms with Crippen molar-refractivity contribution in [3.63, 3.8) is 0 Å². The van der Waals surface area contributed by atoms with Gasteiger partial charge in [0.15, 0.2) is 11.6 Å². The number of ketones is 1. The second-order valence-electron chi connectivity index (χ2n) is 6.01. The highest BCUT2D eigenvalue weighted by molar-refractivity contribution is 5.94. The maximum absolute atomic E-state index is 11.4. The quantitative estimate of drug-likeness (QED) is 0.595. The lowest BCUT2D eigenvalue weighted by molar-refractivity contribution is 0.101. The normalized spacial score (nSPS) is 10.4. The minimum Gasteiger partial charge on any atom is -0.370 e. The molecule has 5 nitrogen and oxygen atoms in total. The fourth-order valence-corrected chi connectivity index (χ4v) is 2.51. The smallest absolute Gasteiger partial charge is 0.163 e. The summed E-state index contributed by atoms with van der Waals surface area (Å²) in [7, 11) is 0. The van der Waals surface area contributed by atoms with Crippen LogP contribution in [0.2, 0.25) is 0 Å².